The van der Waals surface area contributed by atoms with Gasteiger partial charge in [0.25, 0.3) is 5.91 Å². The summed E-state index contributed by atoms with van der Waals surface area (Å²) in [5.74, 6) is -1.22. The molecule has 3 aliphatic rings. The summed E-state index contributed by atoms with van der Waals surface area (Å²) < 4.78 is 4.94. The molecule has 1 aromatic rings. The van der Waals surface area contributed by atoms with Crippen LogP contribution >= 0.6 is 11.3 Å². The maximum absolute atomic E-state index is 12.7. The Labute approximate surface area is 173 Å². The van der Waals surface area contributed by atoms with Crippen LogP contribution < -0.4 is 10.6 Å². The molecule has 156 valence electrons. The van der Waals surface area contributed by atoms with Gasteiger partial charge in [-0.3, -0.25) is 14.5 Å². The number of methoxy groups -OCH3 is 1. The minimum atomic E-state index is -0.922. The van der Waals surface area contributed by atoms with Gasteiger partial charge in [-0.25, -0.2) is 9.59 Å². The highest BCUT2D eigenvalue weighted by molar-refractivity contribution is 7.17. The van der Waals surface area contributed by atoms with Crippen molar-refractivity contribution in [2.45, 2.75) is 57.4 Å². The van der Waals surface area contributed by atoms with Crippen molar-refractivity contribution in [3.63, 3.8) is 0 Å². The van der Waals surface area contributed by atoms with Gasteiger partial charge in [0, 0.05) is 4.88 Å². The summed E-state index contributed by atoms with van der Waals surface area (Å²) in [4.78, 5) is 52.1. The van der Waals surface area contributed by atoms with Crippen LogP contribution in [0.25, 0.3) is 0 Å². The number of fused-ring (bicyclic) bond motifs is 1. The standard InChI is InChI=1S/C20H25N3O5S/c1-20(11-8-9-11)18(26)23(19(27)22-20)10-14(24)21-16-15(17(25)28-2)12-6-4-3-5-7-13(12)29-16/h11H,3-10H2,1-2H3,(H,21,24)(H,22,27). The molecular formula is C20H25N3O5S. The van der Waals surface area contributed by atoms with E-state index in [2.05, 4.69) is 10.6 Å². The van der Waals surface area contributed by atoms with Crippen LogP contribution in [0.5, 0.6) is 0 Å². The number of hydrogen-bond acceptors (Lipinski definition) is 6. The van der Waals surface area contributed by atoms with E-state index in [9.17, 15) is 19.2 Å². The highest BCUT2D eigenvalue weighted by Crippen LogP contribution is 2.42. The number of amides is 4. The molecule has 8 nitrogen and oxygen atoms in total. The van der Waals surface area contributed by atoms with Crippen molar-refractivity contribution in [1.82, 2.24) is 10.2 Å². The second-order valence-corrected chi connectivity index (χ2v) is 9.21. The number of nitrogens with zero attached hydrogens (tertiary/aromatic N) is 1. The van der Waals surface area contributed by atoms with E-state index in [1.54, 1.807) is 6.92 Å². The fraction of sp³-hybridized carbons (Fsp3) is 0.600. The first kappa shape index (κ1) is 19.9. The topological polar surface area (TPSA) is 105 Å². The summed E-state index contributed by atoms with van der Waals surface area (Å²) in [6.07, 6.45) is 6.58. The van der Waals surface area contributed by atoms with Gasteiger partial charge in [-0.05, 0) is 56.9 Å². The minimum absolute atomic E-state index is 0.130. The van der Waals surface area contributed by atoms with Crippen LogP contribution in [0.2, 0.25) is 0 Å². The average Bonchev–Trinajstić information content (AvgIpc) is 3.48. The lowest BCUT2D eigenvalue weighted by atomic mass is 9.96. The van der Waals surface area contributed by atoms with Gasteiger partial charge in [-0.1, -0.05) is 6.42 Å². The Bertz CT molecular complexity index is 891. The van der Waals surface area contributed by atoms with Crippen molar-refractivity contribution in [2.24, 2.45) is 5.92 Å². The molecule has 0 aromatic carbocycles. The molecule has 29 heavy (non-hydrogen) atoms. The molecule has 2 fully saturated rings. The lowest BCUT2D eigenvalue weighted by molar-refractivity contribution is -0.134. The van der Waals surface area contributed by atoms with Gasteiger partial charge in [0.2, 0.25) is 5.91 Å². The van der Waals surface area contributed by atoms with Crippen LogP contribution in [0.1, 0.15) is 59.8 Å². The molecule has 2 aliphatic carbocycles. The molecule has 9 heteroatoms. The van der Waals surface area contributed by atoms with Gasteiger partial charge in [-0.15, -0.1) is 11.3 Å². The number of hydrogen-bond donors (Lipinski definition) is 2. The summed E-state index contributed by atoms with van der Waals surface area (Å²) in [6, 6.07) is -0.547. The first-order chi connectivity index (χ1) is 13.8. The number of aryl methyl sites for hydroxylation is 1. The first-order valence-electron chi connectivity index (χ1n) is 10.0. The Balaban J connectivity index is 1.52. The molecule has 0 spiro atoms. The van der Waals surface area contributed by atoms with Gasteiger partial charge in [0.1, 0.15) is 17.1 Å². The van der Waals surface area contributed by atoms with Crippen molar-refractivity contribution >= 4 is 40.2 Å². The van der Waals surface area contributed by atoms with Crippen molar-refractivity contribution in [3.05, 3.63) is 16.0 Å². The van der Waals surface area contributed by atoms with Crippen LogP contribution in [-0.4, -0.2) is 47.9 Å². The van der Waals surface area contributed by atoms with Crippen LogP contribution in [0.15, 0.2) is 0 Å². The van der Waals surface area contributed by atoms with Crippen LogP contribution in [-0.2, 0) is 27.2 Å². The zero-order chi connectivity index (χ0) is 20.8. The number of thiophene rings is 1. The molecule has 0 bridgehead atoms. The summed E-state index contributed by atoms with van der Waals surface area (Å²) in [5, 5.41) is 5.92. The minimum Gasteiger partial charge on any atom is -0.465 e. The molecule has 1 aromatic heterocycles. The molecule has 0 radical (unpaired) electrons. The van der Waals surface area contributed by atoms with Crippen LogP contribution in [0.4, 0.5) is 9.80 Å². The van der Waals surface area contributed by atoms with Crippen molar-refractivity contribution in [2.75, 3.05) is 19.0 Å². The second kappa shape index (κ2) is 7.44. The van der Waals surface area contributed by atoms with E-state index in [0.29, 0.717) is 10.6 Å². The van der Waals surface area contributed by atoms with Crippen molar-refractivity contribution < 1.29 is 23.9 Å². The van der Waals surface area contributed by atoms with Gasteiger partial charge in [-0.2, -0.15) is 0 Å². The SMILES string of the molecule is COC(=O)c1c(NC(=O)CN2C(=O)NC(C)(C3CC3)C2=O)sc2c1CCCCC2. The van der Waals surface area contributed by atoms with Crippen molar-refractivity contribution in [1.29, 1.82) is 0 Å². The normalized spacial score (nSPS) is 24.0. The largest absolute Gasteiger partial charge is 0.465 e. The summed E-state index contributed by atoms with van der Waals surface area (Å²) in [5.41, 5.74) is 0.433. The summed E-state index contributed by atoms with van der Waals surface area (Å²) in [7, 11) is 1.32. The molecule has 1 aliphatic heterocycles. The molecule has 1 atom stereocenters. The van der Waals surface area contributed by atoms with Gasteiger partial charge in [0.05, 0.1) is 12.7 Å². The van der Waals surface area contributed by atoms with E-state index in [1.807, 2.05) is 0 Å². The molecule has 2 heterocycles. The highest BCUT2D eigenvalue weighted by Gasteiger charge is 2.56. The third-order valence-corrected chi connectivity index (χ3v) is 7.27. The lowest BCUT2D eigenvalue weighted by Crippen LogP contribution is -2.46. The zero-order valence-corrected chi connectivity index (χ0v) is 17.4. The van der Waals surface area contributed by atoms with Crippen molar-refractivity contribution in [3.8, 4) is 0 Å². The number of nitrogens with one attached hydrogen (secondary N) is 2. The Kier molecular flexibility index (Phi) is 5.10. The molecule has 4 amide bonds. The fourth-order valence-corrected chi connectivity index (χ4v) is 5.55. The van der Waals surface area contributed by atoms with E-state index in [0.717, 1.165) is 60.3 Å². The maximum atomic E-state index is 12.7. The number of carbonyl (C=O) groups is 4. The number of ether oxygens (including phenoxy) is 1. The summed E-state index contributed by atoms with van der Waals surface area (Å²) in [6.45, 7) is 1.34. The number of urea groups is 1. The third-order valence-electron chi connectivity index (χ3n) is 6.06. The molecule has 1 unspecified atom stereocenters. The zero-order valence-electron chi connectivity index (χ0n) is 16.6. The maximum Gasteiger partial charge on any atom is 0.341 e. The van der Waals surface area contributed by atoms with Gasteiger partial charge < -0.3 is 15.4 Å². The Hall–Kier alpha value is -2.42. The lowest BCUT2D eigenvalue weighted by Gasteiger charge is -2.20. The molecule has 1 saturated carbocycles. The molecular weight excluding hydrogens is 394 g/mol. The predicted octanol–water partition coefficient (Wildman–Crippen LogP) is 2.46. The van der Waals surface area contributed by atoms with Gasteiger partial charge in [0.15, 0.2) is 0 Å². The predicted molar refractivity (Wildman–Crippen MR) is 107 cm³/mol. The number of carbonyl (C=O) groups excluding carboxylic acids is 4. The van der Waals surface area contributed by atoms with E-state index < -0.39 is 23.4 Å². The van der Waals surface area contributed by atoms with E-state index in [-0.39, 0.29) is 18.4 Å². The quantitative estimate of drug-likeness (QED) is 0.433. The second-order valence-electron chi connectivity index (χ2n) is 8.11. The smallest absolute Gasteiger partial charge is 0.341 e. The molecule has 4 rings (SSSR count). The van der Waals surface area contributed by atoms with Gasteiger partial charge >= 0.3 is 12.0 Å². The number of rotatable bonds is 5. The number of esters is 1. The molecule has 2 N–H and O–H groups in total. The average molecular weight is 420 g/mol. The Morgan fingerprint density at radius 3 is 2.66 bits per heavy atom. The highest BCUT2D eigenvalue weighted by atomic mass is 32.1. The summed E-state index contributed by atoms with van der Waals surface area (Å²) >= 11 is 1.38. The van der Waals surface area contributed by atoms with E-state index in [1.165, 1.54) is 18.4 Å². The number of imide groups is 1. The Morgan fingerprint density at radius 1 is 1.24 bits per heavy atom. The molecule has 1 saturated heterocycles. The van der Waals surface area contributed by atoms with E-state index >= 15 is 0 Å². The Morgan fingerprint density at radius 2 is 1.97 bits per heavy atom. The monoisotopic (exact) mass is 419 g/mol. The third kappa shape index (κ3) is 3.52. The fourth-order valence-electron chi connectivity index (χ4n) is 4.26. The van der Waals surface area contributed by atoms with Crippen LogP contribution in [0.3, 0.4) is 0 Å². The van der Waals surface area contributed by atoms with E-state index in [4.69, 9.17) is 4.74 Å². The first-order valence-corrected chi connectivity index (χ1v) is 10.8. The number of anilines is 1. The van der Waals surface area contributed by atoms with Crippen LogP contribution in [0, 0.1) is 5.92 Å².